The molecule has 0 spiro atoms. The highest BCUT2D eigenvalue weighted by atomic mass is 32.2. The zero-order valence-corrected chi connectivity index (χ0v) is 13.1. The lowest BCUT2D eigenvalue weighted by Crippen LogP contribution is -2.32. The number of aromatic hydroxyl groups is 1. The van der Waals surface area contributed by atoms with Gasteiger partial charge in [0.25, 0.3) is 0 Å². The van der Waals surface area contributed by atoms with Gasteiger partial charge in [-0.25, -0.2) is 8.42 Å². The first-order valence-electron chi connectivity index (χ1n) is 7.10. The Bertz CT molecular complexity index is 607. The molecule has 1 atom stereocenters. The Balaban J connectivity index is 2.02. The molecule has 116 valence electrons. The minimum atomic E-state index is -3.38. The zero-order chi connectivity index (χ0) is 15.6. The van der Waals surface area contributed by atoms with Crippen molar-refractivity contribution in [3.63, 3.8) is 0 Å². The fraction of sp³-hybridized carbons (Fsp3) is 0.533. The standard InChI is InChI=1S/C15H21NO4S/c1-11(2)15(18)16-8-7-12(9-16)10-21(19,20)14-5-3-13(17)4-6-14/h3-6,11-12,17H,7-10H2,1-2H3. The predicted octanol–water partition coefficient (Wildman–Crippen LogP) is 1.67. The summed E-state index contributed by atoms with van der Waals surface area (Å²) in [7, 11) is -3.38. The number of nitrogens with zero attached hydrogens (tertiary/aromatic N) is 1. The van der Waals surface area contributed by atoms with E-state index in [1.54, 1.807) is 4.90 Å². The van der Waals surface area contributed by atoms with Crippen LogP contribution >= 0.6 is 0 Å². The van der Waals surface area contributed by atoms with Crippen LogP contribution in [0.15, 0.2) is 29.2 Å². The van der Waals surface area contributed by atoms with Crippen molar-refractivity contribution in [2.45, 2.75) is 25.2 Å². The maximum atomic E-state index is 12.3. The van der Waals surface area contributed by atoms with Gasteiger partial charge in [0.05, 0.1) is 10.6 Å². The minimum Gasteiger partial charge on any atom is -0.508 e. The molecule has 1 N–H and O–H groups in total. The maximum Gasteiger partial charge on any atom is 0.225 e. The van der Waals surface area contributed by atoms with Crippen LogP contribution in [0.5, 0.6) is 5.75 Å². The highest BCUT2D eigenvalue weighted by Gasteiger charge is 2.31. The van der Waals surface area contributed by atoms with Gasteiger partial charge in [-0.2, -0.15) is 0 Å². The fourth-order valence-corrected chi connectivity index (χ4v) is 4.23. The quantitative estimate of drug-likeness (QED) is 0.918. The summed E-state index contributed by atoms with van der Waals surface area (Å²) in [4.78, 5) is 13.9. The number of carbonyl (C=O) groups excluding carboxylic acids is 1. The smallest absolute Gasteiger partial charge is 0.225 e. The largest absolute Gasteiger partial charge is 0.508 e. The second-order valence-electron chi connectivity index (χ2n) is 5.87. The molecular formula is C15H21NO4S. The summed E-state index contributed by atoms with van der Waals surface area (Å²) >= 11 is 0. The number of phenolic OH excluding ortho intramolecular Hbond substituents is 1. The molecule has 1 saturated heterocycles. The molecule has 0 saturated carbocycles. The Labute approximate surface area is 125 Å². The van der Waals surface area contributed by atoms with E-state index in [0.29, 0.717) is 13.1 Å². The van der Waals surface area contributed by atoms with Crippen molar-refractivity contribution < 1.29 is 18.3 Å². The van der Waals surface area contributed by atoms with Crippen LogP contribution in [0.25, 0.3) is 0 Å². The summed E-state index contributed by atoms with van der Waals surface area (Å²) in [6.07, 6.45) is 0.718. The van der Waals surface area contributed by atoms with Crippen LogP contribution in [0.1, 0.15) is 20.3 Å². The molecule has 0 aromatic heterocycles. The van der Waals surface area contributed by atoms with Crippen molar-refractivity contribution in [2.75, 3.05) is 18.8 Å². The molecule has 5 nitrogen and oxygen atoms in total. The Kier molecular flexibility index (Phi) is 4.56. The minimum absolute atomic E-state index is 0.0218. The molecule has 1 unspecified atom stereocenters. The van der Waals surface area contributed by atoms with E-state index in [1.165, 1.54) is 24.3 Å². The van der Waals surface area contributed by atoms with E-state index in [0.717, 1.165) is 6.42 Å². The van der Waals surface area contributed by atoms with E-state index in [1.807, 2.05) is 13.8 Å². The topological polar surface area (TPSA) is 74.7 Å². The van der Waals surface area contributed by atoms with Crippen molar-refractivity contribution in [1.29, 1.82) is 0 Å². The van der Waals surface area contributed by atoms with E-state index in [4.69, 9.17) is 0 Å². The third-order valence-corrected chi connectivity index (χ3v) is 5.64. The van der Waals surface area contributed by atoms with Gasteiger partial charge in [0, 0.05) is 19.0 Å². The summed E-state index contributed by atoms with van der Waals surface area (Å²) in [6, 6.07) is 5.57. The summed E-state index contributed by atoms with van der Waals surface area (Å²) in [5, 5.41) is 9.22. The van der Waals surface area contributed by atoms with E-state index in [9.17, 15) is 18.3 Å². The van der Waals surface area contributed by atoms with E-state index < -0.39 is 9.84 Å². The van der Waals surface area contributed by atoms with Crippen LogP contribution in [0.4, 0.5) is 0 Å². The van der Waals surface area contributed by atoms with Gasteiger partial charge in [-0.1, -0.05) is 13.8 Å². The van der Waals surface area contributed by atoms with Crippen LogP contribution in [0.3, 0.4) is 0 Å². The number of carbonyl (C=O) groups is 1. The van der Waals surface area contributed by atoms with Crippen LogP contribution in [0.2, 0.25) is 0 Å². The SMILES string of the molecule is CC(C)C(=O)N1CCC(CS(=O)(=O)c2ccc(O)cc2)C1. The van der Waals surface area contributed by atoms with Gasteiger partial charge >= 0.3 is 0 Å². The first-order valence-corrected chi connectivity index (χ1v) is 8.75. The predicted molar refractivity (Wildman–Crippen MR) is 79.7 cm³/mol. The molecule has 1 aliphatic heterocycles. The first kappa shape index (κ1) is 15.8. The third-order valence-electron chi connectivity index (χ3n) is 3.74. The lowest BCUT2D eigenvalue weighted by molar-refractivity contribution is -0.133. The Hall–Kier alpha value is -1.56. The number of benzene rings is 1. The molecule has 0 radical (unpaired) electrons. The highest BCUT2D eigenvalue weighted by molar-refractivity contribution is 7.91. The maximum absolute atomic E-state index is 12.3. The molecule has 1 fully saturated rings. The lowest BCUT2D eigenvalue weighted by Gasteiger charge is -2.18. The monoisotopic (exact) mass is 311 g/mol. The number of sulfone groups is 1. The molecule has 0 bridgehead atoms. The van der Waals surface area contributed by atoms with Crippen molar-refractivity contribution in [1.82, 2.24) is 4.90 Å². The van der Waals surface area contributed by atoms with Crippen molar-refractivity contribution in [3.05, 3.63) is 24.3 Å². The first-order chi connectivity index (χ1) is 9.79. The number of hydrogen-bond acceptors (Lipinski definition) is 4. The molecular weight excluding hydrogens is 290 g/mol. The Morgan fingerprint density at radius 1 is 1.33 bits per heavy atom. The van der Waals surface area contributed by atoms with E-state index in [2.05, 4.69) is 0 Å². The van der Waals surface area contributed by atoms with Crippen LogP contribution in [-0.2, 0) is 14.6 Å². The summed E-state index contributed by atoms with van der Waals surface area (Å²) in [5.74, 6) is 0.0895. The third kappa shape index (κ3) is 3.75. The molecule has 1 amide bonds. The van der Waals surface area contributed by atoms with Gasteiger partial charge in [0.15, 0.2) is 9.84 Å². The average molecular weight is 311 g/mol. The zero-order valence-electron chi connectivity index (χ0n) is 12.3. The van der Waals surface area contributed by atoms with Gasteiger partial charge in [-0.15, -0.1) is 0 Å². The van der Waals surface area contributed by atoms with Gasteiger partial charge in [0.1, 0.15) is 5.75 Å². The summed E-state index contributed by atoms with van der Waals surface area (Å²) < 4.78 is 24.6. The lowest BCUT2D eigenvalue weighted by atomic mass is 10.1. The van der Waals surface area contributed by atoms with Gasteiger partial charge < -0.3 is 10.0 Å². The molecule has 21 heavy (non-hydrogen) atoms. The number of likely N-dealkylation sites (tertiary alicyclic amines) is 1. The molecule has 0 aliphatic carbocycles. The highest BCUT2D eigenvalue weighted by Crippen LogP contribution is 2.24. The Morgan fingerprint density at radius 2 is 1.95 bits per heavy atom. The average Bonchev–Trinajstić information content (AvgIpc) is 2.85. The van der Waals surface area contributed by atoms with Gasteiger partial charge in [-0.05, 0) is 36.6 Å². The molecule has 1 heterocycles. The van der Waals surface area contributed by atoms with Crippen LogP contribution in [-0.4, -0.2) is 43.2 Å². The summed E-state index contributed by atoms with van der Waals surface area (Å²) in [6.45, 7) is 4.84. The summed E-state index contributed by atoms with van der Waals surface area (Å²) in [5.41, 5.74) is 0. The fourth-order valence-electron chi connectivity index (χ4n) is 2.59. The molecule has 1 aromatic rings. The number of rotatable bonds is 4. The number of hydrogen-bond donors (Lipinski definition) is 1. The Morgan fingerprint density at radius 3 is 2.52 bits per heavy atom. The number of amides is 1. The van der Waals surface area contributed by atoms with Crippen molar-refractivity contribution in [3.8, 4) is 5.75 Å². The van der Waals surface area contributed by atoms with E-state index in [-0.39, 0.29) is 34.1 Å². The van der Waals surface area contributed by atoms with Crippen molar-refractivity contribution in [2.24, 2.45) is 11.8 Å². The molecule has 6 heteroatoms. The van der Waals surface area contributed by atoms with Gasteiger partial charge in [0.2, 0.25) is 5.91 Å². The number of phenols is 1. The van der Waals surface area contributed by atoms with E-state index >= 15 is 0 Å². The van der Waals surface area contributed by atoms with Crippen molar-refractivity contribution >= 4 is 15.7 Å². The van der Waals surface area contributed by atoms with Crippen LogP contribution < -0.4 is 0 Å². The molecule has 2 rings (SSSR count). The normalized spacial score (nSPS) is 19.2. The molecule has 1 aliphatic rings. The second-order valence-corrected chi connectivity index (χ2v) is 7.90. The van der Waals surface area contributed by atoms with Crippen LogP contribution in [0, 0.1) is 11.8 Å². The second kappa shape index (κ2) is 6.05. The molecule has 1 aromatic carbocycles. The van der Waals surface area contributed by atoms with Gasteiger partial charge in [-0.3, -0.25) is 4.79 Å².